The van der Waals surface area contributed by atoms with Crippen LogP contribution in [0.4, 0.5) is 0 Å². The van der Waals surface area contributed by atoms with Gasteiger partial charge in [-0.05, 0) is 32.6 Å². The largest absolute Gasteiger partial charge is 0.359 e. The fourth-order valence-electron chi connectivity index (χ4n) is 4.26. The number of guanidine groups is 1. The fraction of sp³-hybridized carbons (Fsp3) is 0.773. The van der Waals surface area contributed by atoms with E-state index in [0.29, 0.717) is 19.0 Å². The van der Waals surface area contributed by atoms with Crippen LogP contribution >= 0.6 is 0 Å². The Bertz CT molecular complexity index is 686. The van der Waals surface area contributed by atoms with Crippen LogP contribution in [-0.2, 0) is 11.3 Å². The number of amides is 1. The van der Waals surface area contributed by atoms with E-state index in [-0.39, 0.29) is 5.91 Å². The molecule has 8 heteroatoms. The van der Waals surface area contributed by atoms with Gasteiger partial charge in [-0.3, -0.25) is 9.69 Å². The number of nitrogens with one attached hydrogen (secondary N) is 1. The molecule has 2 aliphatic heterocycles. The summed E-state index contributed by atoms with van der Waals surface area (Å²) >= 11 is 0. The number of piperazine rings is 1. The highest BCUT2D eigenvalue weighted by atomic mass is 16.5. The number of aliphatic imine (C=N–C) groups is 1. The molecule has 0 aromatic carbocycles. The summed E-state index contributed by atoms with van der Waals surface area (Å²) in [4.78, 5) is 23.7. The van der Waals surface area contributed by atoms with Gasteiger partial charge in [0.15, 0.2) is 11.7 Å². The summed E-state index contributed by atoms with van der Waals surface area (Å²) in [6, 6.07) is 2.05. The molecule has 168 valence electrons. The lowest BCUT2D eigenvalue weighted by molar-refractivity contribution is -0.131. The Balaban J connectivity index is 1.52. The van der Waals surface area contributed by atoms with Crippen molar-refractivity contribution in [1.82, 2.24) is 25.2 Å². The van der Waals surface area contributed by atoms with Crippen molar-refractivity contribution in [3.8, 4) is 0 Å². The highest BCUT2D eigenvalue weighted by Crippen LogP contribution is 2.22. The average molecular weight is 419 g/mol. The van der Waals surface area contributed by atoms with E-state index in [1.165, 1.54) is 0 Å². The Morgan fingerprint density at radius 3 is 2.43 bits per heavy atom. The smallest absolute Gasteiger partial charge is 0.236 e. The molecule has 0 spiro atoms. The van der Waals surface area contributed by atoms with Crippen molar-refractivity contribution in [3.05, 3.63) is 17.5 Å². The van der Waals surface area contributed by atoms with E-state index in [1.807, 2.05) is 11.0 Å². The van der Waals surface area contributed by atoms with Crippen molar-refractivity contribution in [1.29, 1.82) is 0 Å². The lowest BCUT2D eigenvalue weighted by atomic mass is 9.99. The van der Waals surface area contributed by atoms with E-state index >= 15 is 0 Å². The van der Waals surface area contributed by atoms with E-state index in [4.69, 9.17) is 9.52 Å². The summed E-state index contributed by atoms with van der Waals surface area (Å²) in [6.45, 7) is 13.7. The second-order valence-corrected chi connectivity index (χ2v) is 8.25. The predicted octanol–water partition coefficient (Wildman–Crippen LogP) is 2.28. The van der Waals surface area contributed by atoms with Gasteiger partial charge in [-0.1, -0.05) is 19.0 Å². The maximum atomic E-state index is 12.4. The highest BCUT2D eigenvalue weighted by Gasteiger charge is 2.24. The monoisotopic (exact) mass is 418 g/mol. The van der Waals surface area contributed by atoms with Gasteiger partial charge in [0.1, 0.15) is 6.54 Å². The molecule has 8 nitrogen and oxygen atoms in total. The molecule has 30 heavy (non-hydrogen) atoms. The molecule has 1 aromatic rings. The number of hydrogen-bond donors (Lipinski definition) is 1. The highest BCUT2D eigenvalue weighted by molar-refractivity contribution is 5.80. The number of aromatic nitrogens is 1. The first kappa shape index (κ1) is 22.6. The third kappa shape index (κ3) is 5.97. The minimum absolute atomic E-state index is 0.278. The molecule has 3 heterocycles. The van der Waals surface area contributed by atoms with E-state index in [2.05, 4.69) is 41.0 Å². The van der Waals surface area contributed by atoms with Crippen molar-refractivity contribution in [2.45, 2.75) is 58.9 Å². The maximum Gasteiger partial charge on any atom is 0.236 e. The molecular formula is C22H38N6O2. The first-order chi connectivity index (χ1) is 14.6. The standard InChI is InChI=1S/C22H38N6O2/c1-4-18(5-2)20-15-19(30-25-20)16-24-22(23-6-3)28-13-11-26(12-14-28)17-21(29)27-9-7-8-10-27/h15,18H,4-14,16-17H2,1-3H3,(H,23,24). The van der Waals surface area contributed by atoms with Crippen LogP contribution in [0.25, 0.3) is 0 Å². The first-order valence-corrected chi connectivity index (χ1v) is 11.6. The number of rotatable bonds is 8. The summed E-state index contributed by atoms with van der Waals surface area (Å²) in [6.07, 6.45) is 4.43. The minimum Gasteiger partial charge on any atom is -0.359 e. The summed E-state index contributed by atoms with van der Waals surface area (Å²) in [5.41, 5.74) is 1.03. The molecule has 3 rings (SSSR count). The van der Waals surface area contributed by atoms with Gasteiger partial charge in [-0.2, -0.15) is 0 Å². The Kier molecular flexibility index (Phi) is 8.54. The van der Waals surface area contributed by atoms with Gasteiger partial charge in [0.25, 0.3) is 0 Å². The molecule has 0 saturated carbocycles. The van der Waals surface area contributed by atoms with Crippen LogP contribution in [0, 0.1) is 0 Å². The summed E-state index contributed by atoms with van der Waals surface area (Å²) in [5, 5.41) is 7.64. The average Bonchev–Trinajstić information content (AvgIpc) is 3.45. The van der Waals surface area contributed by atoms with Gasteiger partial charge in [0.2, 0.25) is 5.91 Å². The van der Waals surface area contributed by atoms with E-state index in [1.54, 1.807) is 0 Å². The molecule has 0 aliphatic carbocycles. The molecular weight excluding hydrogens is 380 g/mol. The van der Waals surface area contributed by atoms with Crippen LogP contribution in [0.1, 0.15) is 63.8 Å². The third-order valence-electron chi connectivity index (χ3n) is 6.19. The van der Waals surface area contributed by atoms with E-state index in [9.17, 15) is 4.79 Å². The number of hydrogen-bond acceptors (Lipinski definition) is 5. The van der Waals surface area contributed by atoms with Crippen LogP contribution in [0.3, 0.4) is 0 Å². The molecule has 0 bridgehead atoms. The van der Waals surface area contributed by atoms with E-state index in [0.717, 1.165) is 88.9 Å². The number of likely N-dealkylation sites (tertiary alicyclic amines) is 1. The Labute approximate surface area is 180 Å². The lowest BCUT2D eigenvalue weighted by Crippen LogP contribution is -2.54. The van der Waals surface area contributed by atoms with Gasteiger partial charge in [-0.25, -0.2) is 4.99 Å². The Morgan fingerprint density at radius 1 is 1.10 bits per heavy atom. The zero-order valence-electron chi connectivity index (χ0n) is 18.9. The van der Waals surface area contributed by atoms with Gasteiger partial charge in [0, 0.05) is 57.8 Å². The molecule has 0 radical (unpaired) electrons. The first-order valence-electron chi connectivity index (χ1n) is 11.6. The summed E-state index contributed by atoms with van der Waals surface area (Å²) < 4.78 is 5.52. The SMILES string of the molecule is CCNC(=NCc1cc(C(CC)CC)no1)N1CCN(CC(=O)N2CCCC2)CC1. The van der Waals surface area contributed by atoms with E-state index < -0.39 is 0 Å². The van der Waals surface area contributed by atoms with Gasteiger partial charge in [0.05, 0.1) is 12.2 Å². The van der Waals surface area contributed by atoms with Gasteiger partial charge in [-0.15, -0.1) is 0 Å². The third-order valence-corrected chi connectivity index (χ3v) is 6.19. The zero-order chi connectivity index (χ0) is 21.3. The summed E-state index contributed by atoms with van der Waals surface area (Å²) in [7, 11) is 0. The molecule has 2 saturated heterocycles. The Hall–Kier alpha value is -2.09. The zero-order valence-corrected chi connectivity index (χ0v) is 18.9. The van der Waals surface area contributed by atoms with Crippen LogP contribution < -0.4 is 5.32 Å². The second-order valence-electron chi connectivity index (χ2n) is 8.25. The van der Waals surface area contributed by atoms with Crippen molar-refractivity contribution < 1.29 is 9.32 Å². The molecule has 1 N–H and O–H groups in total. The van der Waals surface area contributed by atoms with Crippen molar-refractivity contribution in [2.75, 3.05) is 52.4 Å². The van der Waals surface area contributed by atoms with Crippen LogP contribution in [-0.4, -0.2) is 84.1 Å². The molecule has 0 atom stereocenters. The van der Waals surface area contributed by atoms with Crippen molar-refractivity contribution >= 4 is 11.9 Å². The maximum absolute atomic E-state index is 12.4. The number of nitrogens with zero attached hydrogens (tertiary/aromatic N) is 5. The van der Waals surface area contributed by atoms with Gasteiger partial charge >= 0.3 is 0 Å². The van der Waals surface area contributed by atoms with Crippen molar-refractivity contribution in [3.63, 3.8) is 0 Å². The second kappa shape index (κ2) is 11.3. The van der Waals surface area contributed by atoms with Crippen LogP contribution in [0.5, 0.6) is 0 Å². The molecule has 2 fully saturated rings. The molecule has 1 aromatic heterocycles. The van der Waals surface area contributed by atoms with Crippen molar-refractivity contribution in [2.24, 2.45) is 4.99 Å². The minimum atomic E-state index is 0.278. The normalized spacial score (nSPS) is 18.5. The Morgan fingerprint density at radius 2 is 1.80 bits per heavy atom. The lowest BCUT2D eigenvalue weighted by Gasteiger charge is -2.36. The number of carbonyl (C=O) groups is 1. The molecule has 1 amide bonds. The fourth-order valence-corrected chi connectivity index (χ4v) is 4.26. The topological polar surface area (TPSA) is 77.2 Å². The molecule has 0 unspecified atom stereocenters. The quantitative estimate of drug-likeness (QED) is 0.516. The van der Waals surface area contributed by atoms with Gasteiger partial charge < -0.3 is 19.6 Å². The van der Waals surface area contributed by atoms with Crippen LogP contribution in [0.2, 0.25) is 0 Å². The summed E-state index contributed by atoms with van der Waals surface area (Å²) in [5.74, 6) is 2.45. The predicted molar refractivity (Wildman–Crippen MR) is 118 cm³/mol. The van der Waals surface area contributed by atoms with Crippen LogP contribution in [0.15, 0.2) is 15.6 Å². The number of carbonyl (C=O) groups excluding carboxylic acids is 1. The molecule has 2 aliphatic rings.